The summed E-state index contributed by atoms with van der Waals surface area (Å²) in [4.78, 5) is 0. The molecule has 0 aromatic rings. The molecule has 0 amide bonds. The van der Waals surface area contributed by atoms with Gasteiger partial charge in [0, 0.05) is 0 Å². The lowest BCUT2D eigenvalue weighted by Gasteiger charge is -2.00. The van der Waals surface area contributed by atoms with Gasteiger partial charge in [-0.3, -0.25) is 0 Å². The third-order valence-electron chi connectivity index (χ3n) is 3.42. The van der Waals surface area contributed by atoms with E-state index in [1.807, 2.05) is 0 Å². The molecule has 0 fully saturated rings. The van der Waals surface area contributed by atoms with Crippen LogP contribution < -0.4 is 0 Å². The zero-order chi connectivity index (χ0) is 11.5. The molecular formula is C16H28. The second-order valence-electron chi connectivity index (χ2n) is 5.11. The Morgan fingerprint density at radius 2 is 1.19 bits per heavy atom. The Balaban J connectivity index is 2.27. The predicted octanol–water partition coefficient (Wildman–Crippen LogP) is 5.79. The lowest BCUT2D eigenvalue weighted by atomic mass is 10.1. The van der Waals surface area contributed by atoms with E-state index in [0.29, 0.717) is 0 Å². The minimum absolute atomic E-state index is 1.27. The number of hydrogen-bond acceptors (Lipinski definition) is 0. The van der Waals surface area contributed by atoms with E-state index in [1.165, 1.54) is 76.2 Å². The van der Waals surface area contributed by atoms with Crippen LogP contribution in [-0.4, -0.2) is 0 Å². The Morgan fingerprint density at radius 1 is 0.688 bits per heavy atom. The van der Waals surface area contributed by atoms with Crippen LogP contribution in [0.3, 0.4) is 0 Å². The van der Waals surface area contributed by atoms with Gasteiger partial charge in [0.15, 0.2) is 0 Å². The van der Waals surface area contributed by atoms with E-state index in [-0.39, 0.29) is 0 Å². The van der Waals surface area contributed by atoms with Crippen LogP contribution in [0.1, 0.15) is 77.6 Å². The molecule has 1 rings (SSSR count). The van der Waals surface area contributed by atoms with Gasteiger partial charge in [0.2, 0.25) is 0 Å². The van der Waals surface area contributed by atoms with Gasteiger partial charge < -0.3 is 0 Å². The Kier molecular flexibility index (Phi) is 8.20. The third kappa shape index (κ3) is 7.73. The number of hydrogen-bond donors (Lipinski definition) is 0. The molecular weight excluding hydrogens is 192 g/mol. The van der Waals surface area contributed by atoms with Gasteiger partial charge in [-0.25, -0.2) is 0 Å². The highest BCUT2D eigenvalue weighted by Gasteiger charge is 1.93. The van der Waals surface area contributed by atoms with Crippen molar-refractivity contribution in [3.8, 4) is 0 Å². The standard InChI is InChI=1S/C16H28/c1-16-14-12-10-8-6-4-2-3-5-7-9-11-13-15-16/h12,14-15H,2-11,13H2,1H3. The molecule has 1 aliphatic rings. The van der Waals surface area contributed by atoms with Gasteiger partial charge in [0.1, 0.15) is 0 Å². The van der Waals surface area contributed by atoms with E-state index in [2.05, 4.69) is 25.2 Å². The Labute approximate surface area is 102 Å². The van der Waals surface area contributed by atoms with Crippen molar-refractivity contribution < 1.29 is 0 Å². The monoisotopic (exact) mass is 220 g/mol. The van der Waals surface area contributed by atoms with Gasteiger partial charge >= 0.3 is 0 Å². The van der Waals surface area contributed by atoms with Crippen molar-refractivity contribution in [2.75, 3.05) is 0 Å². The summed E-state index contributed by atoms with van der Waals surface area (Å²) >= 11 is 0. The second kappa shape index (κ2) is 9.69. The summed E-state index contributed by atoms with van der Waals surface area (Å²) in [6.45, 7) is 2.23. The molecule has 16 heavy (non-hydrogen) atoms. The second-order valence-corrected chi connectivity index (χ2v) is 5.11. The zero-order valence-corrected chi connectivity index (χ0v) is 11.0. The molecule has 0 heterocycles. The zero-order valence-electron chi connectivity index (χ0n) is 11.0. The summed E-state index contributed by atoms with van der Waals surface area (Å²) in [7, 11) is 0. The minimum Gasteiger partial charge on any atom is -0.0843 e. The van der Waals surface area contributed by atoms with Gasteiger partial charge in [0.25, 0.3) is 0 Å². The van der Waals surface area contributed by atoms with E-state index in [9.17, 15) is 0 Å². The predicted molar refractivity (Wildman–Crippen MR) is 73.7 cm³/mol. The summed E-state index contributed by atoms with van der Waals surface area (Å²) < 4.78 is 0. The van der Waals surface area contributed by atoms with Crippen molar-refractivity contribution in [1.82, 2.24) is 0 Å². The van der Waals surface area contributed by atoms with Crippen LogP contribution in [0.5, 0.6) is 0 Å². The van der Waals surface area contributed by atoms with Crippen molar-refractivity contribution in [2.45, 2.75) is 77.6 Å². The highest BCUT2D eigenvalue weighted by atomic mass is 14.0. The van der Waals surface area contributed by atoms with Gasteiger partial charge in [-0.1, -0.05) is 68.7 Å². The molecule has 0 heteroatoms. The van der Waals surface area contributed by atoms with Gasteiger partial charge in [-0.05, 0) is 32.6 Å². The van der Waals surface area contributed by atoms with Crippen LogP contribution in [0.15, 0.2) is 23.8 Å². The van der Waals surface area contributed by atoms with Gasteiger partial charge in [-0.15, -0.1) is 0 Å². The first-order valence-electron chi connectivity index (χ1n) is 7.23. The maximum absolute atomic E-state index is 2.40. The summed E-state index contributed by atoms with van der Waals surface area (Å²) in [5, 5.41) is 0. The van der Waals surface area contributed by atoms with Crippen molar-refractivity contribution in [3.63, 3.8) is 0 Å². The van der Waals surface area contributed by atoms with Crippen molar-refractivity contribution in [3.05, 3.63) is 23.8 Å². The molecule has 0 aromatic heterocycles. The van der Waals surface area contributed by atoms with Crippen LogP contribution in [-0.2, 0) is 0 Å². The molecule has 0 saturated carbocycles. The van der Waals surface area contributed by atoms with Gasteiger partial charge in [-0.2, -0.15) is 0 Å². The molecule has 92 valence electrons. The molecule has 0 N–H and O–H groups in total. The molecule has 1 aliphatic carbocycles. The molecule has 0 nitrogen and oxygen atoms in total. The van der Waals surface area contributed by atoms with E-state index < -0.39 is 0 Å². The summed E-state index contributed by atoms with van der Waals surface area (Å²) in [5.74, 6) is 0. The fraction of sp³-hybridized carbons (Fsp3) is 0.750. The molecule has 0 aromatic carbocycles. The highest BCUT2D eigenvalue weighted by Crippen LogP contribution is 2.13. The minimum atomic E-state index is 1.27. The Morgan fingerprint density at radius 3 is 1.81 bits per heavy atom. The first-order chi connectivity index (χ1) is 7.89. The molecule has 0 spiro atoms. The molecule has 0 radical (unpaired) electrons. The van der Waals surface area contributed by atoms with Crippen LogP contribution in [0.4, 0.5) is 0 Å². The highest BCUT2D eigenvalue weighted by molar-refractivity contribution is 5.15. The average Bonchev–Trinajstić information content (AvgIpc) is 2.29. The smallest absolute Gasteiger partial charge is 0.0345 e. The summed E-state index contributed by atoms with van der Waals surface area (Å²) in [6.07, 6.45) is 22.5. The van der Waals surface area contributed by atoms with Crippen LogP contribution in [0, 0.1) is 0 Å². The summed E-state index contributed by atoms with van der Waals surface area (Å²) in [5.41, 5.74) is 1.45. The van der Waals surface area contributed by atoms with E-state index in [4.69, 9.17) is 0 Å². The maximum atomic E-state index is 2.40. The maximum Gasteiger partial charge on any atom is -0.0345 e. The van der Waals surface area contributed by atoms with Crippen LogP contribution in [0.2, 0.25) is 0 Å². The number of rotatable bonds is 0. The summed E-state index contributed by atoms with van der Waals surface area (Å²) in [6, 6.07) is 0. The SMILES string of the molecule is CC1=CCCCCCCCCCCCC=C1. The third-order valence-corrected chi connectivity index (χ3v) is 3.42. The van der Waals surface area contributed by atoms with E-state index >= 15 is 0 Å². The van der Waals surface area contributed by atoms with Gasteiger partial charge in [0.05, 0.1) is 0 Å². The fourth-order valence-corrected chi connectivity index (χ4v) is 2.31. The first-order valence-corrected chi connectivity index (χ1v) is 7.23. The average molecular weight is 220 g/mol. The normalized spacial score (nSPS) is 21.9. The topological polar surface area (TPSA) is 0 Å². The first kappa shape index (κ1) is 13.5. The molecule has 0 saturated heterocycles. The number of allylic oxidation sites excluding steroid dienone is 4. The quantitative estimate of drug-likeness (QED) is 0.484. The molecule has 0 atom stereocenters. The van der Waals surface area contributed by atoms with Crippen molar-refractivity contribution in [2.24, 2.45) is 0 Å². The Bertz CT molecular complexity index is 210. The lowest BCUT2D eigenvalue weighted by Crippen LogP contribution is -1.81. The molecule has 0 unspecified atom stereocenters. The van der Waals surface area contributed by atoms with E-state index in [1.54, 1.807) is 0 Å². The van der Waals surface area contributed by atoms with Crippen molar-refractivity contribution in [1.29, 1.82) is 0 Å². The van der Waals surface area contributed by atoms with Crippen LogP contribution >= 0.6 is 0 Å². The lowest BCUT2D eigenvalue weighted by molar-refractivity contribution is 0.561. The van der Waals surface area contributed by atoms with E-state index in [0.717, 1.165) is 0 Å². The molecule has 0 bridgehead atoms. The Hall–Kier alpha value is -0.520. The largest absolute Gasteiger partial charge is 0.0843 e. The molecule has 0 aliphatic heterocycles. The fourth-order valence-electron chi connectivity index (χ4n) is 2.31. The van der Waals surface area contributed by atoms with Crippen LogP contribution in [0.25, 0.3) is 0 Å². The van der Waals surface area contributed by atoms with Crippen molar-refractivity contribution >= 4 is 0 Å².